The molecule has 1 unspecified atom stereocenters. The van der Waals surface area contributed by atoms with Crippen molar-refractivity contribution in [2.24, 2.45) is 0 Å². The molecule has 6 nitrogen and oxygen atoms in total. The number of amides is 1. The number of halogens is 1. The van der Waals surface area contributed by atoms with E-state index in [2.05, 4.69) is 0 Å². The van der Waals surface area contributed by atoms with Gasteiger partial charge in [-0.3, -0.25) is 14.5 Å². The number of aliphatic hydroxyl groups excluding tert-OH is 1. The number of rotatable bonds is 4. The van der Waals surface area contributed by atoms with Crippen LogP contribution in [0.3, 0.4) is 0 Å². The van der Waals surface area contributed by atoms with Crippen molar-refractivity contribution in [3.05, 3.63) is 80.5 Å². The number of benzene rings is 2. The largest absolute Gasteiger partial charge is 0.507 e. The summed E-state index contributed by atoms with van der Waals surface area (Å²) in [6.45, 7) is 1.81. The number of ketones is 1. The number of phenols is 1. The lowest BCUT2D eigenvalue weighted by atomic mass is 9.98. The fourth-order valence-corrected chi connectivity index (χ4v) is 4.66. The average Bonchev–Trinajstić information content (AvgIpc) is 3.36. The molecule has 1 amide bonds. The van der Waals surface area contributed by atoms with Crippen LogP contribution >= 0.6 is 22.9 Å². The number of methoxy groups -OCH3 is 1. The van der Waals surface area contributed by atoms with Crippen molar-refractivity contribution in [2.45, 2.75) is 13.0 Å². The lowest BCUT2D eigenvalue weighted by molar-refractivity contribution is -0.132. The summed E-state index contributed by atoms with van der Waals surface area (Å²) in [5, 5.41) is 23.6. The fourth-order valence-electron chi connectivity index (χ4n) is 3.67. The van der Waals surface area contributed by atoms with Crippen LogP contribution in [-0.2, 0) is 9.59 Å². The number of nitrogens with zero attached hydrogens (tertiary/aromatic N) is 1. The molecule has 1 saturated heterocycles. The van der Waals surface area contributed by atoms with E-state index in [-0.39, 0.29) is 22.8 Å². The molecule has 0 spiro atoms. The molecule has 1 fully saturated rings. The Labute approximate surface area is 187 Å². The summed E-state index contributed by atoms with van der Waals surface area (Å²) in [7, 11) is 1.54. The highest BCUT2D eigenvalue weighted by Gasteiger charge is 2.48. The molecule has 2 heterocycles. The number of ether oxygens (including phenoxy) is 1. The maximum Gasteiger partial charge on any atom is 0.300 e. The van der Waals surface area contributed by atoms with Gasteiger partial charge in [0.1, 0.15) is 23.3 Å². The highest BCUT2D eigenvalue weighted by atomic mass is 35.5. The van der Waals surface area contributed by atoms with E-state index in [9.17, 15) is 19.8 Å². The topological polar surface area (TPSA) is 87.1 Å². The number of Topliss-reactive ketones (excluding diaryl/α,β-unsaturated/α-hetero) is 1. The Bertz CT molecular complexity index is 1220. The molecular weight excluding hydrogens is 438 g/mol. The number of aryl methyl sites for hydroxylation is 1. The van der Waals surface area contributed by atoms with Gasteiger partial charge in [-0.1, -0.05) is 17.7 Å². The Hall–Kier alpha value is -3.29. The van der Waals surface area contributed by atoms with Gasteiger partial charge in [-0.25, -0.2) is 0 Å². The molecule has 2 aromatic carbocycles. The van der Waals surface area contributed by atoms with Crippen molar-refractivity contribution in [1.82, 2.24) is 0 Å². The number of carbonyl (C=O) groups is 2. The van der Waals surface area contributed by atoms with Crippen LogP contribution in [0.1, 0.15) is 22.0 Å². The van der Waals surface area contributed by atoms with E-state index >= 15 is 0 Å². The molecule has 3 aromatic rings. The van der Waals surface area contributed by atoms with Crippen LogP contribution < -0.4 is 9.64 Å². The third-order valence-corrected chi connectivity index (χ3v) is 6.28. The van der Waals surface area contributed by atoms with Crippen molar-refractivity contribution >= 4 is 46.1 Å². The summed E-state index contributed by atoms with van der Waals surface area (Å²) in [6.07, 6.45) is 0. The van der Waals surface area contributed by atoms with Crippen LogP contribution in [0, 0.1) is 6.92 Å². The van der Waals surface area contributed by atoms with Gasteiger partial charge in [0.2, 0.25) is 0 Å². The zero-order valence-corrected chi connectivity index (χ0v) is 18.2. The number of thiophene rings is 1. The monoisotopic (exact) mass is 455 g/mol. The Morgan fingerprint density at radius 1 is 1.16 bits per heavy atom. The maximum absolute atomic E-state index is 13.1. The number of aromatic hydroxyl groups is 1. The number of hydrogen-bond acceptors (Lipinski definition) is 6. The number of phenolic OH excluding ortho intramolecular Hbond substituents is 1. The summed E-state index contributed by atoms with van der Waals surface area (Å²) < 4.78 is 5.26. The predicted octanol–water partition coefficient (Wildman–Crippen LogP) is 5.05. The van der Waals surface area contributed by atoms with Crippen LogP contribution in [0.5, 0.6) is 11.5 Å². The van der Waals surface area contributed by atoms with E-state index in [1.807, 2.05) is 12.3 Å². The molecule has 158 valence electrons. The lowest BCUT2D eigenvalue weighted by Crippen LogP contribution is -2.29. The molecule has 1 aliphatic heterocycles. The van der Waals surface area contributed by atoms with Gasteiger partial charge in [-0.15, -0.1) is 11.3 Å². The Balaban J connectivity index is 1.94. The van der Waals surface area contributed by atoms with Crippen molar-refractivity contribution < 1.29 is 24.5 Å². The molecule has 2 N–H and O–H groups in total. The van der Waals surface area contributed by atoms with Gasteiger partial charge < -0.3 is 14.9 Å². The van der Waals surface area contributed by atoms with E-state index in [0.717, 1.165) is 5.56 Å². The number of hydrogen-bond donors (Lipinski definition) is 2. The average molecular weight is 456 g/mol. The third kappa shape index (κ3) is 3.56. The lowest BCUT2D eigenvalue weighted by Gasteiger charge is -2.25. The second-order valence-corrected chi connectivity index (χ2v) is 8.42. The molecule has 1 aromatic heterocycles. The van der Waals surface area contributed by atoms with E-state index in [4.69, 9.17) is 16.3 Å². The molecule has 31 heavy (non-hydrogen) atoms. The van der Waals surface area contributed by atoms with Gasteiger partial charge in [0.25, 0.3) is 11.7 Å². The molecule has 8 heteroatoms. The van der Waals surface area contributed by atoms with Gasteiger partial charge in [-0.2, -0.15) is 0 Å². The standard InChI is InChI=1S/C23H18ClNO5S/c1-12-10-13(5-8-17(12)30-2)21(27)19-20(18-4-3-9-31-18)25(23(29)22(19)28)15-11-14(24)6-7-16(15)26/h3-11,20,26-27H,1-2H3/b21-19-. The molecule has 0 radical (unpaired) electrons. The SMILES string of the molecule is COc1ccc(/C(O)=C2/C(=O)C(=O)N(c3cc(Cl)ccc3O)C2c2cccs2)cc1C. The molecule has 0 saturated carbocycles. The minimum absolute atomic E-state index is 0.0589. The van der Waals surface area contributed by atoms with Crippen molar-refractivity contribution in [2.75, 3.05) is 12.0 Å². The molecule has 1 aliphatic rings. The van der Waals surface area contributed by atoms with Crippen LogP contribution in [0.4, 0.5) is 5.69 Å². The summed E-state index contributed by atoms with van der Waals surface area (Å²) in [6, 6.07) is 11.9. The van der Waals surface area contributed by atoms with Gasteiger partial charge >= 0.3 is 0 Å². The second-order valence-electron chi connectivity index (χ2n) is 7.00. The summed E-state index contributed by atoms with van der Waals surface area (Å²) >= 11 is 7.42. The van der Waals surface area contributed by atoms with Crippen molar-refractivity contribution in [1.29, 1.82) is 0 Å². The predicted molar refractivity (Wildman–Crippen MR) is 120 cm³/mol. The Morgan fingerprint density at radius 3 is 2.58 bits per heavy atom. The highest BCUT2D eigenvalue weighted by molar-refractivity contribution is 7.10. The smallest absolute Gasteiger partial charge is 0.300 e. The maximum atomic E-state index is 13.1. The van der Waals surface area contributed by atoms with Crippen molar-refractivity contribution in [3.63, 3.8) is 0 Å². The van der Waals surface area contributed by atoms with Crippen LogP contribution in [0.25, 0.3) is 5.76 Å². The molecule has 4 rings (SSSR count). The molecule has 0 bridgehead atoms. The van der Waals surface area contributed by atoms with E-state index in [1.54, 1.807) is 37.4 Å². The van der Waals surface area contributed by atoms with Gasteiger partial charge in [0.15, 0.2) is 0 Å². The van der Waals surface area contributed by atoms with Gasteiger partial charge in [-0.05, 0) is 60.3 Å². The Kier molecular flexibility index (Phi) is 5.47. The second kappa shape index (κ2) is 8.09. The molecular formula is C23H18ClNO5S. The molecule has 0 aliphatic carbocycles. The minimum Gasteiger partial charge on any atom is -0.507 e. The zero-order valence-electron chi connectivity index (χ0n) is 16.6. The summed E-state index contributed by atoms with van der Waals surface area (Å²) in [4.78, 5) is 28.0. The highest BCUT2D eigenvalue weighted by Crippen LogP contribution is 2.46. The van der Waals surface area contributed by atoms with Crippen LogP contribution in [0.15, 0.2) is 59.5 Å². The Morgan fingerprint density at radius 2 is 1.94 bits per heavy atom. The van der Waals surface area contributed by atoms with E-state index in [0.29, 0.717) is 21.2 Å². The van der Waals surface area contributed by atoms with Crippen LogP contribution in [-0.4, -0.2) is 29.0 Å². The number of carbonyl (C=O) groups excluding carboxylic acids is 2. The van der Waals surface area contributed by atoms with E-state index in [1.165, 1.54) is 34.4 Å². The zero-order chi connectivity index (χ0) is 22.3. The first-order chi connectivity index (χ1) is 14.8. The number of aliphatic hydroxyl groups is 1. The van der Waals surface area contributed by atoms with Gasteiger partial charge in [0.05, 0.1) is 18.4 Å². The van der Waals surface area contributed by atoms with Crippen molar-refractivity contribution in [3.8, 4) is 11.5 Å². The first-order valence-corrected chi connectivity index (χ1v) is 10.6. The normalized spacial score (nSPS) is 17.9. The quantitative estimate of drug-likeness (QED) is 0.326. The third-order valence-electron chi connectivity index (χ3n) is 5.12. The summed E-state index contributed by atoms with van der Waals surface area (Å²) in [5.74, 6) is -1.57. The van der Waals surface area contributed by atoms with E-state index < -0.39 is 17.7 Å². The number of anilines is 1. The first kappa shape index (κ1) is 21.0. The fraction of sp³-hybridized carbons (Fsp3) is 0.130. The van der Waals surface area contributed by atoms with Gasteiger partial charge in [0, 0.05) is 15.5 Å². The first-order valence-electron chi connectivity index (χ1n) is 9.31. The minimum atomic E-state index is -0.910. The summed E-state index contributed by atoms with van der Waals surface area (Å²) in [5.41, 5.74) is 1.18. The van der Waals surface area contributed by atoms with Crippen LogP contribution in [0.2, 0.25) is 5.02 Å². The molecule has 1 atom stereocenters.